The number of hydrogen-bond donors (Lipinski definition) is 2. The maximum absolute atomic E-state index is 12.0. The zero-order valence-electron chi connectivity index (χ0n) is 12.3. The van der Waals surface area contributed by atoms with Gasteiger partial charge in [0.05, 0.1) is 0 Å². The summed E-state index contributed by atoms with van der Waals surface area (Å²) in [6.07, 6.45) is 2.16. The maximum atomic E-state index is 12.0. The molecule has 7 nitrogen and oxygen atoms in total. The van der Waals surface area contributed by atoms with Gasteiger partial charge in [-0.1, -0.05) is 6.92 Å². The standard InChI is InChI=1S/C14H20N2O5/c1-4-9(2)15-12(17)8-21-11-6-5-7-16(13(11)18)10(3)14(19)20/h5-7,9-10H,4,8H2,1-3H3,(H,15,17)(H,19,20). The molecule has 1 aromatic heterocycles. The lowest BCUT2D eigenvalue weighted by Crippen LogP contribution is -2.36. The molecule has 0 aliphatic rings. The van der Waals surface area contributed by atoms with E-state index in [0.717, 1.165) is 11.0 Å². The Morgan fingerprint density at radius 1 is 1.43 bits per heavy atom. The van der Waals surface area contributed by atoms with Gasteiger partial charge < -0.3 is 15.2 Å². The second kappa shape index (κ2) is 7.47. The van der Waals surface area contributed by atoms with Crippen molar-refractivity contribution in [2.45, 2.75) is 39.3 Å². The lowest BCUT2D eigenvalue weighted by atomic mass is 10.2. The molecule has 2 unspecified atom stereocenters. The third-order valence-corrected chi connectivity index (χ3v) is 3.09. The highest BCUT2D eigenvalue weighted by Crippen LogP contribution is 2.07. The predicted molar refractivity (Wildman–Crippen MR) is 76.4 cm³/mol. The van der Waals surface area contributed by atoms with Crippen molar-refractivity contribution in [3.8, 4) is 5.75 Å². The first-order chi connectivity index (χ1) is 9.86. The SMILES string of the molecule is CCC(C)NC(=O)COc1cccn(C(C)C(=O)O)c1=O. The van der Waals surface area contributed by atoms with E-state index in [1.54, 1.807) is 0 Å². The van der Waals surface area contributed by atoms with Gasteiger partial charge in [-0.05, 0) is 32.4 Å². The van der Waals surface area contributed by atoms with E-state index in [0.29, 0.717) is 0 Å². The number of carbonyl (C=O) groups is 2. The van der Waals surface area contributed by atoms with Crippen LogP contribution in [0.3, 0.4) is 0 Å². The molecule has 0 aliphatic heterocycles. The molecule has 0 bridgehead atoms. The Balaban J connectivity index is 2.77. The first-order valence-corrected chi connectivity index (χ1v) is 6.73. The van der Waals surface area contributed by atoms with Gasteiger partial charge in [-0.3, -0.25) is 14.2 Å². The number of amides is 1. The number of nitrogens with one attached hydrogen (secondary N) is 1. The van der Waals surface area contributed by atoms with Gasteiger partial charge in [-0.25, -0.2) is 4.79 Å². The van der Waals surface area contributed by atoms with Gasteiger partial charge in [-0.2, -0.15) is 0 Å². The third-order valence-electron chi connectivity index (χ3n) is 3.09. The summed E-state index contributed by atoms with van der Waals surface area (Å²) in [6.45, 7) is 4.91. The van der Waals surface area contributed by atoms with E-state index < -0.39 is 17.6 Å². The van der Waals surface area contributed by atoms with Crippen LogP contribution in [0.2, 0.25) is 0 Å². The van der Waals surface area contributed by atoms with Gasteiger partial charge in [0.1, 0.15) is 6.04 Å². The van der Waals surface area contributed by atoms with Gasteiger partial charge in [0, 0.05) is 12.2 Å². The number of carboxylic acids is 1. The van der Waals surface area contributed by atoms with E-state index in [1.807, 2.05) is 13.8 Å². The van der Waals surface area contributed by atoms with Gasteiger partial charge >= 0.3 is 5.97 Å². The van der Waals surface area contributed by atoms with Gasteiger partial charge in [0.2, 0.25) is 0 Å². The summed E-state index contributed by atoms with van der Waals surface area (Å²) in [7, 11) is 0. The first-order valence-electron chi connectivity index (χ1n) is 6.73. The molecular formula is C14H20N2O5. The zero-order chi connectivity index (χ0) is 16.0. The highest BCUT2D eigenvalue weighted by molar-refractivity contribution is 5.77. The van der Waals surface area contributed by atoms with Crippen LogP contribution in [0.1, 0.15) is 33.2 Å². The average Bonchev–Trinajstić information content (AvgIpc) is 2.45. The molecule has 2 atom stereocenters. The molecule has 0 spiro atoms. The van der Waals surface area contributed by atoms with Crippen LogP contribution in [0.25, 0.3) is 0 Å². The highest BCUT2D eigenvalue weighted by Gasteiger charge is 2.16. The molecule has 1 heterocycles. The minimum atomic E-state index is -1.12. The average molecular weight is 296 g/mol. The van der Waals surface area contributed by atoms with E-state index in [2.05, 4.69) is 5.32 Å². The molecule has 0 radical (unpaired) electrons. The number of aromatic nitrogens is 1. The molecule has 1 aromatic rings. The zero-order valence-corrected chi connectivity index (χ0v) is 12.3. The summed E-state index contributed by atoms with van der Waals surface area (Å²) < 4.78 is 6.22. The number of pyridine rings is 1. The molecule has 116 valence electrons. The van der Waals surface area contributed by atoms with Crippen LogP contribution in [0, 0.1) is 0 Å². The van der Waals surface area contributed by atoms with Gasteiger partial charge in [-0.15, -0.1) is 0 Å². The van der Waals surface area contributed by atoms with Crippen molar-refractivity contribution in [3.05, 3.63) is 28.7 Å². The Bertz CT molecular complexity index is 567. The van der Waals surface area contributed by atoms with E-state index in [4.69, 9.17) is 9.84 Å². The fraction of sp³-hybridized carbons (Fsp3) is 0.500. The summed E-state index contributed by atoms with van der Waals surface area (Å²) >= 11 is 0. The molecule has 0 saturated carbocycles. The van der Waals surface area contributed by atoms with Crippen molar-refractivity contribution < 1.29 is 19.4 Å². The highest BCUT2D eigenvalue weighted by atomic mass is 16.5. The normalized spacial score (nSPS) is 13.3. The van der Waals surface area contributed by atoms with Gasteiger partial charge in [0.25, 0.3) is 11.5 Å². The van der Waals surface area contributed by atoms with E-state index in [9.17, 15) is 14.4 Å². The smallest absolute Gasteiger partial charge is 0.326 e. The monoisotopic (exact) mass is 296 g/mol. The van der Waals surface area contributed by atoms with Crippen molar-refractivity contribution in [1.29, 1.82) is 0 Å². The second-order valence-corrected chi connectivity index (χ2v) is 4.76. The number of ether oxygens (including phenoxy) is 1. The van der Waals surface area contributed by atoms with Crippen LogP contribution in [-0.2, 0) is 9.59 Å². The number of hydrogen-bond acceptors (Lipinski definition) is 4. The Labute approximate surface area is 122 Å². The Hall–Kier alpha value is -2.31. The topological polar surface area (TPSA) is 97.6 Å². The number of rotatable bonds is 7. The first kappa shape index (κ1) is 16.7. The second-order valence-electron chi connectivity index (χ2n) is 4.76. The summed E-state index contributed by atoms with van der Waals surface area (Å²) in [5, 5.41) is 11.6. The number of carboxylic acid groups (broad SMARTS) is 1. The van der Waals surface area contributed by atoms with E-state index >= 15 is 0 Å². The predicted octanol–water partition coefficient (Wildman–Crippen LogP) is 0.787. The Morgan fingerprint density at radius 3 is 2.67 bits per heavy atom. The molecule has 7 heteroatoms. The molecule has 0 saturated heterocycles. The van der Waals surface area contributed by atoms with Crippen molar-refractivity contribution in [1.82, 2.24) is 9.88 Å². The molecule has 0 aliphatic carbocycles. The van der Waals surface area contributed by atoms with Crippen LogP contribution in [0.15, 0.2) is 23.1 Å². The third kappa shape index (κ3) is 4.62. The van der Waals surface area contributed by atoms with Crippen LogP contribution >= 0.6 is 0 Å². The minimum absolute atomic E-state index is 0.0283. The molecule has 2 N–H and O–H groups in total. The summed E-state index contributed by atoms with van der Waals surface area (Å²) in [4.78, 5) is 34.6. The van der Waals surface area contributed by atoms with Crippen molar-refractivity contribution in [2.75, 3.05) is 6.61 Å². The molecular weight excluding hydrogens is 276 g/mol. The molecule has 21 heavy (non-hydrogen) atoms. The number of nitrogens with zero attached hydrogens (tertiary/aromatic N) is 1. The van der Waals surface area contributed by atoms with Crippen molar-refractivity contribution >= 4 is 11.9 Å². The van der Waals surface area contributed by atoms with E-state index in [1.165, 1.54) is 25.3 Å². The fourth-order valence-corrected chi connectivity index (χ4v) is 1.59. The molecule has 1 rings (SSSR count). The Morgan fingerprint density at radius 2 is 2.10 bits per heavy atom. The largest absolute Gasteiger partial charge is 0.480 e. The number of carbonyl (C=O) groups excluding carboxylic acids is 1. The number of aliphatic carboxylic acids is 1. The Kier molecular flexibility index (Phi) is 5.95. The minimum Gasteiger partial charge on any atom is -0.480 e. The quantitative estimate of drug-likeness (QED) is 0.775. The van der Waals surface area contributed by atoms with E-state index in [-0.39, 0.29) is 24.3 Å². The van der Waals surface area contributed by atoms with Crippen LogP contribution < -0.4 is 15.6 Å². The fourth-order valence-electron chi connectivity index (χ4n) is 1.59. The molecule has 0 fully saturated rings. The van der Waals surface area contributed by atoms with Crippen LogP contribution in [0.5, 0.6) is 5.75 Å². The summed E-state index contributed by atoms with van der Waals surface area (Å²) in [5.41, 5.74) is -0.580. The summed E-state index contributed by atoms with van der Waals surface area (Å²) in [6, 6.07) is 1.93. The molecule has 0 aromatic carbocycles. The van der Waals surface area contributed by atoms with Crippen molar-refractivity contribution in [2.24, 2.45) is 0 Å². The van der Waals surface area contributed by atoms with Crippen molar-refractivity contribution in [3.63, 3.8) is 0 Å². The van der Waals surface area contributed by atoms with Crippen LogP contribution in [0.4, 0.5) is 0 Å². The lowest BCUT2D eigenvalue weighted by molar-refractivity contribution is -0.140. The lowest BCUT2D eigenvalue weighted by Gasteiger charge is -2.14. The maximum Gasteiger partial charge on any atom is 0.326 e. The van der Waals surface area contributed by atoms with Crippen LogP contribution in [-0.4, -0.2) is 34.2 Å². The van der Waals surface area contributed by atoms with Gasteiger partial charge in [0.15, 0.2) is 12.4 Å². The summed E-state index contributed by atoms with van der Waals surface area (Å²) in [5.74, 6) is -1.50. The molecule has 1 amide bonds.